The lowest BCUT2D eigenvalue weighted by atomic mass is 9.98. The van der Waals surface area contributed by atoms with Gasteiger partial charge in [-0.15, -0.1) is 0 Å². The first-order valence-corrected chi connectivity index (χ1v) is 20.1. The molecular formula is C42H50N10O4. The van der Waals surface area contributed by atoms with Gasteiger partial charge in [0.15, 0.2) is 0 Å². The monoisotopic (exact) mass is 758 g/mol. The van der Waals surface area contributed by atoms with E-state index in [0.717, 1.165) is 117 Å². The molecule has 14 nitrogen and oxygen atoms in total. The standard InChI is InChI=1S/C42H50N10O4/c1-27-23-32(5-8-36(27)52-21-14-38(53)48-42(52)54)50-17-10-31(11-18-50)49-19-12-34(13-20-49)56-33-6-3-30(4-7-33)46-41-45-24-29-9-16-51(26-35(29)47-41)37-25-44-40-39(28(37)2)43-15-22-55-40/h3-8,23-25,31,34,43H,9-22,26H2,1-2H3,(H,45,46,47)(H,48,53,54). The minimum atomic E-state index is -0.340. The lowest BCUT2D eigenvalue weighted by molar-refractivity contribution is -0.120. The molecule has 9 rings (SSSR count). The van der Waals surface area contributed by atoms with Crippen LogP contribution in [0, 0.1) is 13.8 Å². The summed E-state index contributed by atoms with van der Waals surface area (Å²) in [7, 11) is 0. The predicted molar refractivity (Wildman–Crippen MR) is 217 cm³/mol. The highest BCUT2D eigenvalue weighted by atomic mass is 16.5. The normalized spacial score (nSPS) is 19.4. The Morgan fingerprint density at radius 2 is 1.68 bits per heavy atom. The van der Waals surface area contributed by atoms with Gasteiger partial charge in [-0.05, 0) is 99.5 Å². The third kappa shape index (κ3) is 7.49. The first kappa shape index (κ1) is 36.0. The zero-order valence-corrected chi connectivity index (χ0v) is 32.2. The predicted octanol–water partition coefficient (Wildman–Crippen LogP) is 5.56. The number of fused-ring (bicyclic) bond motifs is 2. The maximum Gasteiger partial charge on any atom is 0.328 e. The zero-order chi connectivity index (χ0) is 38.2. The Balaban J connectivity index is 0.735. The van der Waals surface area contributed by atoms with Crippen LogP contribution in [0.1, 0.15) is 54.5 Å². The molecule has 14 heteroatoms. The largest absolute Gasteiger partial charge is 0.490 e. The Morgan fingerprint density at radius 1 is 0.857 bits per heavy atom. The lowest BCUT2D eigenvalue weighted by Gasteiger charge is -2.42. The summed E-state index contributed by atoms with van der Waals surface area (Å²) in [5.41, 5.74) is 9.47. The number of pyridine rings is 1. The number of amides is 3. The Kier molecular flexibility index (Phi) is 9.96. The molecule has 3 amide bonds. The molecular weight excluding hydrogens is 709 g/mol. The highest BCUT2D eigenvalue weighted by molar-refractivity contribution is 6.06. The van der Waals surface area contributed by atoms with Crippen molar-refractivity contribution in [1.29, 1.82) is 0 Å². The van der Waals surface area contributed by atoms with E-state index in [1.54, 1.807) is 4.90 Å². The first-order valence-electron chi connectivity index (χ1n) is 20.1. The number of nitrogens with one attached hydrogen (secondary N) is 3. The summed E-state index contributed by atoms with van der Waals surface area (Å²) in [4.78, 5) is 47.2. The molecule has 3 N–H and O–H groups in total. The van der Waals surface area contributed by atoms with E-state index in [4.69, 9.17) is 14.5 Å². The lowest BCUT2D eigenvalue weighted by Crippen LogP contribution is -2.50. The summed E-state index contributed by atoms with van der Waals surface area (Å²) in [5.74, 6) is 1.94. The molecule has 3 saturated heterocycles. The molecule has 292 valence electrons. The molecule has 2 aromatic heterocycles. The molecule has 0 aliphatic carbocycles. The van der Waals surface area contributed by atoms with E-state index in [9.17, 15) is 9.59 Å². The number of imide groups is 1. The van der Waals surface area contributed by atoms with Gasteiger partial charge in [0.1, 0.15) is 24.1 Å². The maximum absolute atomic E-state index is 12.4. The summed E-state index contributed by atoms with van der Waals surface area (Å²) in [5, 5.41) is 9.27. The Labute approximate surface area is 327 Å². The van der Waals surface area contributed by atoms with Crippen LogP contribution in [-0.2, 0) is 17.8 Å². The van der Waals surface area contributed by atoms with Crippen molar-refractivity contribution in [3.8, 4) is 11.6 Å². The van der Waals surface area contributed by atoms with Gasteiger partial charge in [-0.1, -0.05) is 0 Å². The number of anilines is 6. The fraction of sp³-hybridized carbons (Fsp3) is 0.452. The van der Waals surface area contributed by atoms with Gasteiger partial charge in [0.05, 0.1) is 24.1 Å². The van der Waals surface area contributed by atoms with Crippen molar-refractivity contribution in [1.82, 2.24) is 25.2 Å². The molecule has 7 heterocycles. The van der Waals surface area contributed by atoms with Crippen LogP contribution in [0.15, 0.2) is 54.9 Å². The van der Waals surface area contributed by atoms with Gasteiger partial charge >= 0.3 is 6.03 Å². The fourth-order valence-electron chi connectivity index (χ4n) is 8.82. The number of rotatable bonds is 8. The number of hydrogen-bond donors (Lipinski definition) is 3. The SMILES string of the molecule is Cc1cc(N2CCC(N3CCC(Oc4ccc(Nc5ncc6c(n5)CN(c5cnc7c(c5C)NCCO7)CC6)cc4)CC3)CC2)ccc1N1CCC(=O)NC1=O. The van der Waals surface area contributed by atoms with E-state index in [0.29, 0.717) is 44.0 Å². The van der Waals surface area contributed by atoms with E-state index in [-0.39, 0.29) is 18.0 Å². The number of urea groups is 1. The molecule has 2 aromatic carbocycles. The van der Waals surface area contributed by atoms with Crippen molar-refractivity contribution >= 4 is 46.3 Å². The van der Waals surface area contributed by atoms with Gasteiger partial charge < -0.3 is 29.9 Å². The number of piperidine rings is 2. The van der Waals surface area contributed by atoms with Crippen molar-refractivity contribution in [3.05, 3.63) is 77.2 Å². The summed E-state index contributed by atoms with van der Waals surface area (Å²) in [6.07, 6.45) is 9.57. The van der Waals surface area contributed by atoms with Crippen molar-refractivity contribution in [2.75, 3.05) is 77.8 Å². The molecule has 56 heavy (non-hydrogen) atoms. The van der Waals surface area contributed by atoms with Crippen LogP contribution in [0.2, 0.25) is 0 Å². The minimum absolute atomic E-state index is 0.205. The van der Waals surface area contributed by atoms with E-state index in [2.05, 4.69) is 59.7 Å². The Bertz CT molecular complexity index is 2100. The molecule has 5 aliphatic rings. The fourth-order valence-corrected chi connectivity index (χ4v) is 8.82. The van der Waals surface area contributed by atoms with E-state index >= 15 is 0 Å². The number of carbonyl (C=O) groups is 2. The Hall–Kier alpha value is -5.63. The van der Waals surface area contributed by atoms with Crippen LogP contribution in [0.4, 0.5) is 39.2 Å². The van der Waals surface area contributed by atoms with E-state index in [1.165, 1.54) is 11.3 Å². The molecule has 4 aromatic rings. The van der Waals surface area contributed by atoms with Crippen molar-refractivity contribution < 1.29 is 19.1 Å². The highest BCUT2D eigenvalue weighted by Gasteiger charge is 2.30. The average Bonchev–Trinajstić information content (AvgIpc) is 3.22. The van der Waals surface area contributed by atoms with E-state index < -0.39 is 0 Å². The number of aromatic nitrogens is 3. The molecule has 0 saturated carbocycles. The second-order valence-corrected chi connectivity index (χ2v) is 15.5. The molecule has 0 spiro atoms. The quantitative estimate of drug-likeness (QED) is 0.207. The molecule has 0 bridgehead atoms. The summed E-state index contributed by atoms with van der Waals surface area (Å²) >= 11 is 0. The van der Waals surface area contributed by atoms with Crippen LogP contribution < -0.4 is 40.1 Å². The Morgan fingerprint density at radius 3 is 2.46 bits per heavy atom. The summed E-state index contributed by atoms with van der Waals surface area (Å²) in [6.45, 7) is 11.7. The maximum atomic E-state index is 12.4. The summed E-state index contributed by atoms with van der Waals surface area (Å²) < 4.78 is 12.2. The molecule has 0 radical (unpaired) electrons. The topological polar surface area (TPSA) is 140 Å². The number of aryl methyl sites for hydroxylation is 1. The summed E-state index contributed by atoms with van der Waals surface area (Å²) in [6, 6.07) is 14.7. The molecule has 5 aliphatic heterocycles. The number of benzene rings is 2. The first-order chi connectivity index (χ1) is 27.3. The average molecular weight is 759 g/mol. The number of ether oxygens (including phenoxy) is 2. The second-order valence-electron chi connectivity index (χ2n) is 15.5. The van der Waals surface area contributed by atoms with Gasteiger partial charge in [-0.2, -0.15) is 0 Å². The third-order valence-electron chi connectivity index (χ3n) is 12.0. The molecule has 0 atom stereocenters. The highest BCUT2D eigenvalue weighted by Crippen LogP contribution is 2.37. The van der Waals surface area contributed by atoms with Crippen molar-refractivity contribution in [3.63, 3.8) is 0 Å². The van der Waals surface area contributed by atoms with Gasteiger partial charge in [-0.25, -0.2) is 19.7 Å². The number of hydrogen-bond acceptors (Lipinski definition) is 12. The van der Waals surface area contributed by atoms with Crippen molar-refractivity contribution in [2.45, 2.75) is 71.1 Å². The molecule has 3 fully saturated rings. The van der Waals surface area contributed by atoms with Crippen LogP contribution in [0.25, 0.3) is 0 Å². The van der Waals surface area contributed by atoms with Crippen molar-refractivity contribution in [2.24, 2.45) is 0 Å². The van der Waals surface area contributed by atoms with Crippen LogP contribution in [-0.4, -0.2) is 96.4 Å². The van der Waals surface area contributed by atoms with Gasteiger partial charge in [0.2, 0.25) is 17.7 Å². The number of carbonyl (C=O) groups excluding carboxylic acids is 2. The number of nitrogens with zero attached hydrogens (tertiary/aromatic N) is 7. The second kappa shape index (κ2) is 15.5. The minimum Gasteiger partial charge on any atom is -0.490 e. The smallest absolute Gasteiger partial charge is 0.328 e. The zero-order valence-electron chi connectivity index (χ0n) is 32.2. The third-order valence-corrected chi connectivity index (χ3v) is 12.0. The van der Waals surface area contributed by atoms with Gasteiger partial charge in [-0.3, -0.25) is 19.9 Å². The van der Waals surface area contributed by atoms with Gasteiger partial charge in [0.25, 0.3) is 0 Å². The van der Waals surface area contributed by atoms with Crippen LogP contribution in [0.3, 0.4) is 0 Å². The number of likely N-dealkylation sites (tertiary alicyclic amines) is 1. The van der Waals surface area contributed by atoms with Crippen LogP contribution >= 0.6 is 0 Å². The molecule has 0 unspecified atom stereocenters. The van der Waals surface area contributed by atoms with Gasteiger partial charge in [0, 0.05) is 87.1 Å². The van der Waals surface area contributed by atoms with Crippen LogP contribution in [0.5, 0.6) is 11.6 Å². The van der Waals surface area contributed by atoms with E-state index in [1.807, 2.05) is 49.6 Å².